The summed E-state index contributed by atoms with van der Waals surface area (Å²) in [4.78, 5) is 13.9. The summed E-state index contributed by atoms with van der Waals surface area (Å²) in [7, 11) is 0. The Balaban J connectivity index is 1.81. The number of hydrogen-bond acceptors (Lipinski definition) is 4. The molecule has 0 aromatic heterocycles. The first-order valence-electron chi connectivity index (χ1n) is 11.5. The number of nitrogens with zero attached hydrogens (tertiary/aromatic N) is 1. The Hall–Kier alpha value is -2.53. The lowest BCUT2D eigenvalue weighted by Gasteiger charge is -2.37. The van der Waals surface area contributed by atoms with Gasteiger partial charge in [0.2, 0.25) is 0 Å². The quantitative estimate of drug-likeness (QED) is 0.501. The Morgan fingerprint density at radius 2 is 1.94 bits per heavy atom. The molecule has 2 aromatic rings. The van der Waals surface area contributed by atoms with Crippen LogP contribution in [0.3, 0.4) is 0 Å². The van der Waals surface area contributed by atoms with E-state index in [1.165, 1.54) is 5.56 Å². The fourth-order valence-corrected chi connectivity index (χ4v) is 4.30. The van der Waals surface area contributed by atoms with Crippen molar-refractivity contribution < 1.29 is 19.4 Å². The highest BCUT2D eigenvalue weighted by Crippen LogP contribution is 2.36. The van der Waals surface area contributed by atoms with Gasteiger partial charge < -0.3 is 14.6 Å². The number of benzene rings is 2. The van der Waals surface area contributed by atoms with Gasteiger partial charge in [-0.05, 0) is 56.0 Å². The second-order valence-electron chi connectivity index (χ2n) is 8.24. The molecule has 1 aliphatic heterocycles. The maximum Gasteiger partial charge on any atom is 0.307 e. The predicted octanol–water partition coefficient (Wildman–Crippen LogP) is 5.69. The minimum Gasteiger partial charge on any atom is -0.490 e. The molecule has 0 aliphatic carbocycles. The standard InChI is InChI=1S/C26H35NO4/c1-3-5-13-23(27-16-9-12-22(18-27)26(28)29)21-14-15-24(25(17-21)30-4-2)31-19-20-10-7-6-8-11-20/h6-8,10-11,14-15,17,22-23H,3-5,9,12-13,16,18-19H2,1-2H3,(H,28,29). The van der Waals surface area contributed by atoms with Crippen LogP contribution in [0.2, 0.25) is 0 Å². The van der Waals surface area contributed by atoms with Crippen molar-refractivity contribution in [1.29, 1.82) is 0 Å². The Kier molecular flexibility index (Phi) is 8.77. The SMILES string of the molecule is CCCCC(c1ccc(OCc2ccccc2)c(OCC)c1)N1CCCC(C(=O)O)C1. The lowest BCUT2D eigenvalue weighted by molar-refractivity contribution is -0.144. The summed E-state index contributed by atoms with van der Waals surface area (Å²) in [5.74, 6) is 0.534. The average molecular weight is 426 g/mol. The summed E-state index contributed by atoms with van der Waals surface area (Å²) in [6.07, 6.45) is 4.93. The van der Waals surface area contributed by atoms with Crippen LogP contribution >= 0.6 is 0 Å². The van der Waals surface area contributed by atoms with Gasteiger partial charge in [0.25, 0.3) is 0 Å². The Morgan fingerprint density at radius 1 is 1.13 bits per heavy atom. The summed E-state index contributed by atoms with van der Waals surface area (Å²) < 4.78 is 12.0. The van der Waals surface area contributed by atoms with Gasteiger partial charge in [-0.3, -0.25) is 9.69 Å². The molecule has 5 heteroatoms. The van der Waals surface area contributed by atoms with Crippen molar-refractivity contribution >= 4 is 5.97 Å². The Labute approximate surface area is 186 Å². The third-order valence-corrected chi connectivity index (χ3v) is 5.96. The summed E-state index contributed by atoms with van der Waals surface area (Å²) >= 11 is 0. The van der Waals surface area contributed by atoms with Crippen LogP contribution in [0.5, 0.6) is 11.5 Å². The zero-order valence-electron chi connectivity index (χ0n) is 18.8. The van der Waals surface area contributed by atoms with E-state index in [4.69, 9.17) is 9.47 Å². The molecule has 0 amide bonds. The molecule has 2 unspecified atom stereocenters. The molecule has 1 N–H and O–H groups in total. The molecular weight excluding hydrogens is 390 g/mol. The topological polar surface area (TPSA) is 59.0 Å². The highest BCUT2D eigenvalue weighted by atomic mass is 16.5. The molecule has 0 spiro atoms. The van der Waals surface area contributed by atoms with Crippen molar-refractivity contribution in [3.05, 3.63) is 59.7 Å². The van der Waals surface area contributed by atoms with Gasteiger partial charge in [0.1, 0.15) is 6.61 Å². The molecule has 2 atom stereocenters. The molecule has 1 heterocycles. The molecule has 3 rings (SSSR count). The largest absolute Gasteiger partial charge is 0.490 e. The van der Waals surface area contributed by atoms with Gasteiger partial charge in [-0.2, -0.15) is 0 Å². The molecule has 1 aliphatic rings. The number of hydrogen-bond donors (Lipinski definition) is 1. The molecule has 31 heavy (non-hydrogen) atoms. The summed E-state index contributed by atoms with van der Waals surface area (Å²) in [5.41, 5.74) is 2.29. The van der Waals surface area contributed by atoms with Gasteiger partial charge in [-0.1, -0.05) is 56.2 Å². The molecular formula is C26H35NO4. The number of carbonyl (C=O) groups is 1. The van der Waals surface area contributed by atoms with Crippen molar-refractivity contribution in [3.63, 3.8) is 0 Å². The van der Waals surface area contributed by atoms with Gasteiger partial charge in [-0.25, -0.2) is 0 Å². The number of aliphatic carboxylic acids is 1. The summed E-state index contributed by atoms with van der Waals surface area (Å²) in [5, 5.41) is 9.52. The lowest BCUT2D eigenvalue weighted by Crippen LogP contribution is -2.41. The van der Waals surface area contributed by atoms with Crippen LogP contribution in [-0.4, -0.2) is 35.7 Å². The number of carboxylic acids is 1. The fraction of sp³-hybridized carbons (Fsp3) is 0.500. The Bertz CT molecular complexity index is 823. The number of carboxylic acid groups (broad SMARTS) is 1. The van der Waals surface area contributed by atoms with E-state index in [-0.39, 0.29) is 12.0 Å². The van der Waals surface area contributed by atoms with Crippen LogP contribution in [0.25, 0.3) is 0 Å². The molecule has 1 saturated heterocycles. The molecule has 2 aromatic carbocycles. The van der Waals surface area contributed by atoms with E-state index in [1.807, 2.05) is 43.3 Å². The average Bonchev–Trinajstić information content (AvgIpc) is 2.80. The smallest absolute Gasteiger partial charge is 0.307 e. The van der Waals surface area contributed by atoms with E-state index in [0.29, 0.717) is 19.8 Å². The van der Waals surface area contributed by atoms with Crippen LogP contribution in [0.4, 0.5) is 0 Å². The van der Waals surface area contributed by atoms with Crippen LogP contribution in [0, 0.1) is 5.92 Å². The molecule has 0 bridgehead atoms. The summed E-state index contributed by atoms with van der Waals surface area (Å²) in [6, 6.07) is 16.5. The minimum absolute atomic E-state index is 0.199. The molecule has 1 fully saturated rings. The van der Waals surface area contributed by atoms with Crippen molar-refractivity contribution in [2.75, 3.05) is 19.7 Å². The number of unbranched alkanes of at least 4 members (excludes halogenated alkanes) is 1. The van der Waals surface area contributed by atoms with Crippen LogP contribution in [0.1, 0.15) is 63.1 Å². The maximum atomic E-state index is 11.6. The van der Waals surface area contributed by atoms with Crippen molar-refractivity contribution in [1.82, 2.24) is 4.90 Å². The molecule has 0 saturated carbocycles. The van der Waals surface area contributed by atoms with Gasteiger partial charge >= 0.3 is 5.97 Å². The van der Waals surface area contributed by atoms with Crippen molar-refractivity contribution in [2.45, 2.75) is 58.6 Å². The fourth-order valence-electron chi connectivity index (χ4n) is 4.30. The second kappa shape index (κ2) is 11.8. The highest BCUT2D eigenvalue weighted by molar-refractivity contribution is 5.70. The number of likely N-dealkylation sites (tertiary alicyclic amines) is 1. The van der Waals surface area contributed by atoms with Crippen LogP contribution in [0.15, 0.2) is 48.5 Å². The first-order valence-corrected chi connectivity index (χ1v) is 11.5. The van der Waals surface area contributed by atoms with E-state index in [9.17, 15) is 9.90 Å². The van der Waals surface area contributed by atoms with E-state index >= 15 is 0 Å². The first kappa shape index (κ1) is 23.1. The van der Waals surface area contributed by atoms with E-state index in [0.717, 1.165) is 55.7 Å². The van der Waals surface area contributed by atoms with E-state index in [1.54, 1.807) is 0 Å². The van der Waals surface area contributed by atoms with E-state index < -0.39 is 5.97 Å². The van der Waals surface area contributed by atoms with Gasteiger partial charge in [0.05, 0.1) is 12.5 Å². The van der Waals surface area contributed by atoms with Gasteiger partial charge in [-0.15, -0.1) is 0 Å². The van der Waals surface area contributed by atoms with Gasteiger partial charge in [0.15, 0.2) is 11.5 Å². The van der Waals surface area contributed by atoms with Crippen LogP contribution in [-0.2, 0) is 11.4 Å². The maximum absolute atomic E-state index is 11.6. The molecule has 5 nitrogen and oxygen atoms in total. The summed E-state index contributed by atoms with van der Waals surface area (Å²) in [6.45, 7) is 6.78. The third kappa shape index (κ3) is 6.47. The Morgan fingerprint density at radius 3 is 2.65 bits per heavy atom. The molecule has 0 radical (unpaired) electrons. The number of piperidine rings is 1. The molecule has 168 valence electrons. The predicted molar refractivity (Wildman–Crippen MR) is 123 cm³/mol. The highest BCUT2D eigenvalue weighted by Gasteiger charge is 2.30. The lowest BCUT2D eigenvalue weighted by atomic mass is 9.92. The number of ether oxygens (including phenoxy) is 2. The zero-order valence-corrected chi connectivity index (χ0v) is 18.8. The van der Waals surface area contributed by atoms with Crippen LogP contribution < -0.4 is 9.47 Å². The van der Waals surface area contributed by atoms with E-state index in [2.05, 4.69) is 24.0 Å². The number of rotatable bonds is 11. The first-order chi connectivity index (χ1) is 15.1. The van der Waals surface area contributed by atoms with Gasteiger partial charge in [0, 0.05) is 12.6 Å². The monoisotopic (exact) mass is 425 g/mol. The van der Waals surface area contributed by atoms with Crippen molar-refractivity contribution in [3.8, 4) is 11.5 Å². The normalized spacial score (nSPS) is 17.8. The third-order valence-electron chi connectivity index (χ3n) is 5.96. The van der Waals surface area contributed by atoms with Crippen molar-refractivity contribution in [2.24, 2.45) is 5.92 Å². The second-order valence-corrected chi connectivity index (χ2v) is 8.24. The zero-order chi connectivity index (χ0) is 22.1. The minimum atomic E-state index is -0.682.